The van der Waals surface area contributed by atoms with Crippen molar-refractivity contribution in [2.75, 3.05) is 0 Å². The topological polar surface area (TPSA) is 29.1 Å². The Morgan fingerprint density at radius 2 is 1.49 bits per heavy atom. The molecule has 0 fully saturated rings. The smallest absolute Gasteiger partial charge is 0.429 e. The Hall–Kier alpha value is -3.30. The Kier molecular flexibility index (Phi) is 7.62. The number of hydrogen-bond acceptors (Lipinski definition) is 1. The maximum Gasteiger partial charge on any atom is 0.432 e. The molecule has 1 radical (unpaired) electrons. The zero-order valence-corrected chi connectivity index (χ0v) is 18.3. The molecule has 0 spiro atoms. The van der Waals surface area contributed by atoms with E-state index in [-0.39, 0.29) is 23.8 Å². The van der Waals surface area contributed by atoms with Crippen LogP contribution in [0.5, 0.6) is 11.5 Å². The van der Waals surface area contributed by atoms with Crippen LogP contribution in [0.2, 0.25) is 0 Å². The Bertz CT molecular complexity index is 1190. The van der Waals surface area contributed by atoms with E-state index in [2.05, 4.69) is 4.74 Å². The van der Waals surface area contributed by atoms with Crippen LogP contribution in [0.25, 0.3) is 11.1 Å². The molecule has 2 nitrogen and oxygen atoms in total. The minimum atomic E-state index is -5.09. The van der Waals surface area contributed by atoms with Gasteiger partial charge in [-0.05, 0) is 36.1 Å². The molecule has 0 atom stereocenters. The van der Waals surface area contributed by atoms with Crippen molar-refractivity contribution in [1.82, 2.24) is 0 Å². The lowest BCUT2D eigenvalue weighted by molar-refractivity contribution is -0.189. The maximum absolute atomic E-state index is 15.1. The summed E-state index contributed by atoms with van der Waals surface area (Å²) in [4.78, 5) is 0. The van der Waals surface area contributed by atoms with Gasteiger partial charge in [-0.25, -0.2) is 13.2 Å². The van der Waals surface area contributed by atoms with Crippen LogP contribution in [0.1, 0.15) is 42.9 Å². The molecule has 0 N–H and O–H groups in total. The zero-order valence-electron chi connectivity index (χ0n) is 18.3. The van der Waals surface area contributed by atoms with Gasteiger partial charge >= 0.3 is 12.3 Å². The second-order valence-corrected chi connectivity index (χ2v) is 7.83. The average molecular weight is 503 g/mol. The van der Waals surface area contributed by atoms with Crippen molar-refractivity contribution in [3.05, 3.63) is 82.7 Å². The number of rotatable bonds is 8. The first-order chi connectivity index (χ1) is 16.3. The van der Waals surface area contributed by atoms with Gasteiger partial charge in [0.25, 0.3) is 0 Å². The minimum absolute atomic E-state index is 0.0205. The van der Waals surface area contributed by atoms with Gasteiger partial charge < -0.3 is 4.74 Å². The van der Waals surface area contributed by atoms with E-state index in [0.717, 1.165) is 24.8 Å². The van der Waals surface area contributed by atoms with Gasteiger partial charge in [-0.2, -0.15) is 22.0 Å². The van der Waals surface area contributed by atoms with Crippen molar-refractivity contribution in [2.45, 2.75) is 44.9 Å². The zero-order chi connectivity index (χ0) is 26.0. The van der Waals surface area contributed by atoms with Gasteiger partial charge in [0.15, 0.2) is 11.6 Å². The van der Waals surface area contributed by atoms with E-state index >= 15 is 4.39 Å². The largest absolute Gasteiger partial charge is 0.432 e. The monoisotopic (exact) mass is 503 g/mol. The number of ether oxygens (including phenoxy) is 1. The quantitative estimate of drug-likeness (QED) is 0.223. The number of aryl methyl sites for hydroxylation is 1. The molecular weight excluding hydrogens is 484 g/mol. The van der Waals surface area contributed by atoms with E-state index < -0.39 is 57.9 Å². The molecule has 0 aliphatic carbocycles. The van der Waals surface area contributed by atoms with Crippen molar-refractivity contribution < 1.29 is 45.0 Å². The number of hydrogen-bond donors (Lipinski definition) is 0. The second kappa shape index (κ2) is 10.1. The molecule has 3 rings (SSSR count). The highest BCUT2D eigenvalue weighted by molar-refractivity contribution is 5.72. The van der Waals surface area contributed by atoms with Gasteiger partial charge in [-0.1, -0.05) is 44.0 Å². The van der Waals surface area contributed by atoms with E-state index in [1.54, 1.807) is 12.1 Å². The highest BCUT2D eigenvalue weighted by atomic mass is 19.4. The highest BCUT2D eigenvalue weighted by Crippen LogP contribution is 2.43. The predicted octanol–water partition coefficient (Wildman–Crippen LogP) is 8.79. The van der Waals surface area contributed by atoms with E-state index in [1.807, 2.05) is 6.92 Å². The van der Waals surface area contributed by atoms with Gasteiger partial charge in [-0.15, -0.1) is 0 Å². The highest BCUT2D eigenvalue weighted by Gasteiger charge is 2.43. The number of benzene rings is 3. The van der Waals surface area contributed by atoms with Crippen molar-refractivity contribution in [1.29, 1.82) is 0 Å². The standard InChI is InChI=1S/C25H19F8O2/c1-2-3-4-5-14-6-8-15(9-7-14)21-20(34)13-19(27)22(23(21)28)25(32,33)35-16-10-11-17(18(26)12-16)24(29,30)31/h6-13H,2-5H2,1H3. The molecule has 187 valence electrons. The molecule has 0 aliphatic rings. The molecule has 0 unspecified atom stereocenters. The molecule has 0 saturated carbocycles. The summed E-state index contributed by atoms with van der Waals surface area (Å²) in [6, 6.07) is 6.58. The maximum atomic E-state index is 15.1. The summed E-state index contributed by atoms with van der Waals surface area (Å²) in [5, 5.41) is 12.2. The Morgan fingerprint density at radius 1 is 0.829 bits per heavy atom. The minimum Gasteiger partial charge on any atom is -0.429 e. The van der Waals surface area contributed by atoms with Crippen LogP contribution >= 0.6 is 0 Å². The summed E-state index contributed by atoms with van der Waals surface area (Å²) >= 11 is 0. The van der Waals surface area contributed by atoms with Crippen LogP contribution in [0, 0.1) is 17.5 Å². The van der Waals surface area contributed by atoms with Crippen molar-refractivity contribution >= 4 is 0 Å². The van der Waals surface area contributed by atoms with Gasteiger partial charge in [0, 0.05) is 12.1 Å². The summed E-state index contributed by atoms with van der Waals surface area (Å²) < 4.78 is 115. The molecule has 0 aromatic heterocycles. The summed E-state index contributed by atoms with van der Waals surface area (Å²) in [5.74, 6) is -8.04. The first-order valence-corrected chi connectivity index (χ1v) is 10.6. The van der Waals surface area contributed by atoms with Crippen LogP contribution in [0.4, 0.5) is 35.1 Å². The van der Waals surface area contributed by atoms with Crippen LogP contribution in [-0.2, 0) is 23.8 Å². The van der Waals surface area contributed by atoms with Gasteiger partial charge in [0.2, 0.25) is 0 Å². The number of halogens is 8. The first kappa shape index (κ1) is 26.3. The second-order valence-electron chi connectivity index (χ2n) is 7.83. The van der Waals surface area contributed by atoms with E-state index in [1.165, 1.54) is 12.1 Å². The van der Waals surface area contributed by atoms with Gasteiger partial charge in [0.1, 0.15) is 22.9 Å². The fourth-order valence-electron chi connectivity index (χ4n) is 3.54. The third kappa shape index (κ3) is 5.86. The Morgan fingerprint density at radius 3 is 2.06 bits per heavy atom. The predicted molar refractivity (Wildman–Crippen MR) is 111 cm³/mol. The van der Waals surface area contributed by atoms with E-state index in [9.17, 15) is 35.8 Å². The Balaban J connectivity index is 1.96. The molecule has 3 aromatic rings. The van der Waals surface area contributed by atoms with E-state index in [4.69, 9.17) is 0 Å². The normalized spacial score (nSPS) is 12.1. The molecule has 0 bridgehead atoms. The van der Waals surface area contributed by atoms with Crippen LogP contribution in [0.3, 0.4) is 0 Å². The molecule has 0 saturated heterocycles. The summed E-state index contributed by atoms with van der Waals surface area (Å²) in [5.41, 5.74) is -3.70. The van der Waals surface area contributed by atoms with Crippen molar-refractivity contribution in [3.8, 4) is 22.6 Å². The molecule has 10 heteroatoms. The lowest BCUT2D eigenvalue weighted by Gasteiger charge is -2.21. The van der Waals surface area contributed by atoms with Crippen LogP contribution in [-0.4, -0.2) is 0 Å². The summed E-state index contributed by atoms with van der Waals surface area (Å²) in [7, 11) is 0. The van der Waals surface area contributed by atoms with E-state index in [0.29, 0.717) is 12.5 Å². The third-order valence-corrected chi connectivity index (χ3v) is 5.28. The molecule has 3 aromatic carbocycles. The van der Waals surface area contributed by atoms with Gasteiger partial charge in [-0.3, -0.25) is 5.11 Å². The van der Waals surface area contributed by atoms with Gasteiger partial charge in [0.05, 0.1) is 11.1 Å². The number of unbranched alkanes of at least 4 members (excludes halogenated alkanes) is 2. The fraction of sp³-hybridized carbons (Fsp3) is 0.280. The average Bonchev–Trinajstić information content (AvgIpc) is 2.73. The SMILES string of the molecule is CCCCCc1ccc(-c2c([O])cc(F)c(C(F)(F)Oc3ccc(C(F)(F)F)c(F)c3)c2F)cc1. The Labute approximate surface area is 195 Å². The van der Waals surface area contributed by atoms with Crippen molar-refractivity contribution in [2.24, 2.45) is 0 Å². The van der Waals surface area contributed by atoms with Crippen LogP contribution < -0.4 is 4.74 Å². The molecule has 0 amide bonds. The molecular formula is C25H19F8O2. The molecule has 0 heterocycles. The number of alkyl halides is 5. The van der Waals surface area contributed by atoms with Crippen LogP contribution in [0.15, 0.2) is 48.5 Å². The lowest BCUT2D eigenvalue weighted by atomic mass is 9.97. The summed E-state index contributed by atoms with van der Waals surface area (Å²) in [6.07, 6.45) is -6.29. The summed E-state index contributed by atoms with van der Waals surface area (Å²) in [6.45, 7) is 2.03. The fourth-order valence-corrected chi connectivity index (χ4v) is 3.54. The van der Waals surface area contributed by atoms with Crippen molar-refractivity contribution in [3.63, 3.8) is 0 Å². The lowest BCUT2D eigenvalue weighted by Crippen LogP contribution is -2.25. The first-order valence-electron chi connectivity index (χ1n) is 10.6. The molecule has 0 aliphatic heterocycles. The molecule has 35 heavy (non-hydrogen) atoms. The third-order valence-electron chi connectivity index (χ3n) is 5.28.